The molecule has 0 spiro atoms. The predicted octanol–water partition coefficient (Wildman–Crippen LogP) is -0.464. The van der Waals surface area contributed by atoms with Gasteiger partial charge in [-0.2, -0.15) is 0 Å². The topological polar surface area (TPSA) is 43.0 Å². The quantitative estimate of drug-likeness (QED) is 0.347. The van der Waals surface area contributed by atoms with Crippen molar-refractivity contribution in [2.75, 3.05) is 13.2 Å². The molecule has 0 aromatic rings. The van der Waals surface area contributed by atoms with Gasteiger partial charge in [-0.05, 0) is 0 Å². The first-order valence-corrected chi connectivity index (χ1v) is 1.08. The Balaban J connectivity index is 0.0000000900. The summed E-state index contributed by atoms with van der Waals surface area (Å²) in [7, 11) is 0. The van der Waals surface area contributed by atoms with Crippen molar-refractivity contribution < 1.29 is 4.74 Å². The standard InChI is InChI=1S/C2H4O.N/c1-2-3-1;/h1-2H2;. The SMILES string of the molecule is C1CO1.[N]. The second-order valence-corrected chi connectivity index (χ2v) is 0.612. The van der Waals surface area contributed by atoms with Crippen LogP contribution in [0.4, 0.5) is 0 Å². The molecule has 0 unspecified atom stereocenters. The van der Waals surface area contributed by atoms with Crippen molar-refractivity contribution in [3.05, 3.63) is 0 Å². The van der Waals surface area contributed by atoms with Gasteiger partial charge in [0, 0.05) is 6.15 Å². The Morgan fingerprint density at radius 3 is 1.50 bits per heavy atom. The number of ether oxygens (including phenoxy) is 1. The smallest absolute Gasteiger partial charge is 0.0701 e. The summed E-state index contributed by atoms with van der Waals surface area (Å²) in [5, 5.41) is 0. The molecule has 1 rings (SSSR count). The van der Waals surface area contributed by atoms with Crippen molar-refractivity contribution in [3.8, 4) is 0 Å². The summed E-state index contributed by atoms with van der Waals surface area (Å²) in [5.74, 6) is 0. The van der Waals surface area contributed by atoms with Gasteiger partial charge in [0.25, 0.3) is 0 Å². The van der Waals surface area contributed by atoms with Crippen LogP contribution in [0, 0.1) is 0 Å². The molecule has 1 heterocycles. The Labute approximate surface area is 25.3 Å². The van der Waals surface area contributed by atoms with E-state index in [0.717, 1.165) is 13.2 Å². The number of epoxide rings is 1. The van der Waals surface area contributed by atoms with Crippen LogP contribution in [0.2, 0.25) is 0 Å². The fraction of sp³-hybridized carbons (Fsp3) is 1.00. The lowest BCUT2D eigenvalue weighted by atomic mass is 11.0. The molecule has 0 amide bonds. The van der Waals surface area contributed by atoms with Crippen molar-refractivity contribution >= 4 is 0 Å². The van der Waals surface area contributed by atoms with Gasteiger partial charge in [-0.25, -0.2) is 0 Å². The maximum absolute atomic E-state index is 4.50. The zero-order valence-corrected chi connectivity index (χ0v) is 2.27. The summed E-state index contributed by atoms with van der Waals surface area (Å²) in [6.45, 7) is 2.00. The monoisotopic (exact) mass is 58.0 g/mol. The van der Waals surface area contributed by atoms with Crippen molar-refractivity contribution in [3.63, 3.8) is 0 Å². The van der Waals surface area contributed by atoms with Crippen LogP contribution in [0.15, 0.2) is 0 Å². The van der Waals surface area contributed by atoms with Crippen LogP contribution in [0.1, 0.15) is 0 Å². The van der Waals surface area contributed by atoms with E-state index in [1.807, 2.05) is 0 Å². The van der Waals surface area contributed by atoms with Gasteiger partial charge in [-0.3, -0.25) is 0 Å². The number of nitrogens with zero attached hydrogens (tertiary/aromatic N) is 1. The summed E-state index contributed by atoms with van der Waals surface area (Å²) < 4.78 is 4.50. The van der Waals surface area contributed by atoms with Gasteiger partial charge in [0.05, 0.1) is 13.2 Å². The predicted molar refractivity (Wildman–Crippen MR) is 13.0 cm³/mol. The van der Waals surface area contributed by atoms with Crippen LogP contribution in [0.3, 0.4) is 0 Å². The van der Waals surface area contributed by atoms with E-state index in [4.69, 9.17) is 0 Å². The fourth-order valence-corrected chi connectivity index (χ4v) is 0. The van der Waals surface area contributed by atoms with Crippen LogP contribution < -0.4 is 6.15 Å². The van der Waals surface area contributed by atoms with E-state index in [0.29, 0.717) is 0 Å². The zero-order valence-electron chi connectivity index (χ0n) is 2.27. The van der Waals surface area contributed by atoms with Gasteiger partial charge in [0.2, 0.25) is 0 Å². The summed E-state index contributed by atoms with van der Waals surface area (Å²) >= 11 is 0. The largest absolute Gasteiger partial charge is 0.377 e. The van der Waals surface area contributed by atoms with Crippen LogP contribution in [-0.2, 0) is 4.74 Å². The molecule has 2 heteroatoms. The second kappa shape index (κ2) is 1.26. The lowest BCUT2D eigenvalue weighted by Gasteiger charge is -1.24. The van der Waals surface area contributed by atoms with Gasteiger partial charge in [-0.15, -0.1) is 0 Å². The molecule has 3 radical (unpaired) electrons. The molecule has 1 aliphatic heterocycles. The first-order valence-electron chi connectivity index (χ1n) is 1.08. The zero-order chi connectivity index (χ0) is 2.12. The number of hydrogen-bond donors (Lipinski definition) is 0. The average Bonchev–Trinajstić information content (AvgIpc) is 1.46. The van der Waals surface area contributed by atoms with Gasteiger partial charge in [-0.1, -0.05) is 0 Å². The van der Waals surface area contributed by atoms with E-state index >= 15 is 0 Å². The molecule has 23 valence electrons. The highest BCUT2D eigenvalue weighted by Gasteiger charge is 1.94. The molecule has 0 bridgehead atoms. The molecule has 1 aliphatic rings. The van der Waals surface area contributed by atoms with E-state index in [-0.39, 0.29) is 6.15 Å². The lowest BCUT2D eigenvalue weighted by Crippen LogP contribution is -1.20. The van der Waals surface area contributed by atoms with E-state index < -0.39 is 0 Å². The minimum Gasteiger partial charge on any atom is -0.377 e. The molecular formula is C2H4NO. The summed E-state index contributed by atoms with van der Waals surface area (Å²) in [6, 6.07) is 0. The second-order valence-electron chi connectivity index (χ2n) is 0.612. The minimum atomic E-state index is 0. The fourth-order valence-electron chi connectivity index (χ4n) is 0. The Kier molecular flexibility index (Phi) is 1.24. The molecular weight excluding hydrogens is 54.0 g/mol. The van der Waals surface area contributed by atoms with Crippen molar-refractivity contribution in [2.45, 2.75) is 0 Å². The first-order chi connectivity index (χ1) is 1.50. The van der Waals surface area contributed by atoms with Gasteiger partial charge < -0.3 is 4.74 Å². The van der Waals surface area contributed by atoms with Crippen LogP contribution in [0.5, 0.6) is 0 Å². The number of rotatable bonds is 0. The van der Waals surface area contributed by atoms with Crippen molar-refractivity contribution in [2.24, 2.45) is 0 Å². The Bertz CT molecular complexity index is 10.8. The van der Waals surface area contributed by atoms with E-state index in [2.05, 4.69) is 4.74 Å². The molecule has 0 aromatic carbocycles. The van der Waals surface area contributed by atoms with E-state index in [9.17, 15) is 0 Å². The molecule has 0 aromatic heterocycles. The third-order valence-electron chi connectivity index (χ3n) is 0.204. The van der Waals surface area contributed by atoms with Gasteiger partial charge >= 0.3 is 0 Å². The molecule has 0 N–H and O–H groups in total. The summed E-state index contributed by atoms with van der Waals surface area (Å²) in [5.41, 5.74) is 0. The molecule has 0 saturated carbocycles. The molecule has 2 nitrogen and oxygen atoms in total. The summed E-state index contributed by atoms with van der Waals surface area (Å²) in [4.78, 5) is 0. The van der Waals surface area contributed by atoms with Crippen molar-refractivity contribution in [1.29, 1.82) is 0 Å². The highest BCUT2D eigenvalue weighted by Crippen LogP contribution is 1.84. The molecule has 1 fully saturated rings. The summed E-state index contributed by atoms with van der Waals surface area (Å²) in [6.07, 6.45) is 0. The average molecular weight is 58.1 g/mol. The van der Waals surface area contributed by atoms with E-state index in [1.165, 1.54) is 0 Å². The lowest BCUT2D eigenvalue weighted by molar-refractivity contribution is 0.475. The molecule has 0 aliphatic carbocycles. The highest BCUT2D eigenvalue weighted by atomic mass is 16.6. The molecule has 4 heavy (non-hydrogen) atoms. The van der Waals surface area contributed by atoms with Crippen LogP contribution in [0.25, 0.3) is 0 Å². The maximum Gasteiger partial charge on any atom is 0.0701 e. The third-order valence-corrected chi connectivity index (χ3v) is 0.204. The number of hydrogen-bond acceptors (Lipinski definition) is 1. The van der Waals surface area contributed by atoms with Crippen LogP contribution in [-0.4, -0.2) is 13.2 Å². The molecule has 0 atom stereocenters. The van der Waals surface area contributed by atoms with Crippen LogP contribution >= 0.6 is 0 Å². The normalized spacial score (nSPS) is 18.0. The minimum absolute atomic E-state index is 0. The Hall–Kier alpha value is -0.0800. The van der Waals surface area contributed by atoms with Gasteiger partial charge in [0.15, 0.2) is 0 Å². The highest BCUT2D eigenvalue weighted by molar-refractivity contribution is 4.36. The molecule has 1 saturated heterocycles. The van der Waals surface area contributed by atoms with Crippen molar-refractivity contribution in [1.82, 2.24) is 6.15 Å². The Morgan fingerprint density at radius 1 is 1.25 bits per heavy atom. The maximum atomic E-state index is 4.50. The third kappa shape index (κ3) is 1.92. The first kappa shape index (κ1) is 3.92. The van der Waals surface area contributed by atoms with E-state index in [1.54, 1.807) is 0 Å². The van der Waals surface area contributed by atoms with Gasteiger partial charge in [0.1, 0.15) is 0 Å². The Morgan fingerprint density at radius 2 is 1.50 bits per heavy atom.